The Morgan fingerprint density at radius 2 is 2.09 bits per heavy atom. The van der Waals surface area contributed by atoms with Crippen LogP contribution in [0.1, 0.15) is 5.56 Å². The van der Waals surface area contributed by atoms with E-state index in [4.69, 9.17) is 10.6 Å². The Bertz CT molecular complexity index is 225. The smallest absolute Gasteiger partial charge is 0.124 e. The highest BCUT2D eigenvalue weighted by Crippen LogP contribution is 2.17. The van der Waals surface area contributed by atoms with Gasteiger partial charge >= 0.3 is 0 Å². The van der Waals surface area contributed by atoms with E-state index in [1.807, 2.05) is 24.3 Å². The molecule has 1 N–H and O–H groups in total. The molecule has 0 saturated heterocycles. The fourth-order valence-corrected chi connectivity index (χ4v) is 0.900. The molecule has 3 heteroatoms. The van der Waals surface area contributed by atoms with Crippen LogP contribution in [0.4, 0.5) is 0 Å². The van der Waals surface area contributed by atoms with Crippen molar-refractivity contribution in [3.05, 3.63) is 29.8 Å². The molecule has 0 aliphatic carbocycles. The predicted octanol–water partition coefficient (Wildman–Crippen LogP) is 1.41. The molecule has 0 amide bonds. The summed E-state index contributed by atoms with van der Waals surface area (Å²) in [5.74, 6) is 7.32. The maximum atomic E-state index is 6.56. The first kappa shape index (κ1) is 8.04. The van der Waals surface area contributed by atoms with Crippen molar-refractivity contribution in [3.8, 4) is 5.75 Å². The normalized spacial score (nSPS) is 9.64. The maximum Gasteiger partial charge on any atom is 0.124 e. The molecule has 0 atom stereocenters. The minimum Gasteiger partial charge on any atom is -0.496 e. The van der Waals surface area contributed by atoms with E-state index in [1.54, 1.807) is 7.11 Å². The molecule has 0 heterocycles. The Kier molecular flexibility index (Phi) is 2.89. The van der Waals surface area contributed by atoms with Gasteiger partial charge in [-0.05, 0) is 6.07 Å². The SMILES string of the molecule is COc1ccccc1CO[NH]. The van der Waals surface area contributed by atoms with Gasteiger partial charge in [-0.3, -0.25) is 4.84 Å². The number of nitrogens with one attached hydrogen (secondary N) is 1. The van der Waals surface area contributed by atoms with Gasteiger partial charge in [0.2, 0.25) is 0 Å². The van der Waals surface area contributed by atoms with E-state index in [9.17, 15) is 0 Å². The topological polar surface area (TPSA) is 42.3 Å². The number of benzene rings is 1. The van der Waals surface area contributed by atoms with Crippen molar-refractivity contribution in [1.29, 1.82) is 0 Å². The first-order chi connectivity index (χ1) is 5.38. The summed E-state index contributed by atoms with van der Waals surface area (Å²) < 4.78 is 5.03. The first-order valence-corrected chi connectivity index (χ1v) is 3.29. The highest BCUT2D eigenvalue weighted by atomic mass is 16.6. The number of para-hydroxylation sites is 1. The van der Waals surface area contributed by atoms with Gasteiger partial charge in [0, 0.05) is 5.56 Å². The average Bonchev–Trinajstić information content (AvgIpc) is 2.06. The third-order valence-corrected chi connectivity index (χ3v) is 1.42. The summed E-state index contributed by atoms with van der Waals surface area (Å²) in [4.78, 5) is 4.24. The summed E-state index contributed by atoms with van der Waals surface area (Å²) in [7, 11) is 1.60. The molecular weight excluding hydrogens is 142 g/mol. The van der Waals surface area contributed by atoms with E-state index in [2.05, 4.69) is 4.84 Å². The van der Waals surface area contributed by atoms with Crippen molar-refractivity contribution in [2.45, 2.75) is 6.61 Å². The van der Waals surface area contributed by atoms with Crippen LogP contribution in [0.5, 0.6) is 5.75 Å². The van der Waals surface area contributed by atoms with Crippen molar-refractivity contribution >= 4 is 0 Å². The van der Waals surface area contributed by atoms with Crippen LogP contribution >= 0.6 is 0 Å². The lowest BCUT2D eigenvalue weighted by Crippen LogP contribution is -1.93. The van der Waals surface area contributed by atoms with E-state index in [0.29, 0.717) is 0 Å². The van der Waals surface area contributed by atoms with Gasteiger partial charge in [0.25, 0.3) is 0 Å². The van der Waals surface area contributed by atoms with Gasteiger partial charge in [-0.25, -0.2) is 0 Å². The molecule has 0 aliphatic heterocycles. The molecule has 1 aromatic carbocycles. The number of hydrogen-bond donors (Lipinski definition) is 0. The summed E-state index contributed by atoms with van der Waals surface area (Å²) >= 11 is 0. The quantitative estimate of drug-likeness (QED) is 0.614. The van der Waals surface area contributed by atoms with Gasteiger partial charge in [-0.15, -0.1) is 5.90 Å². The van der Waals surface area contributed by atoms with Crippen molar-refractivity contribution < 1.29 is 9.57 Å². The largest absolute Gasteiger partial charge is 0.496 e. The van der Waals surface area contributed by atoms with Crippen LogP contribution in [0, 0.1) is 0 Å². The van der Waals surface area contributed by atoms with Crippen LogP contribution in [-0.2, 0) is 11.4 Å². The summed E-state index contributed by atoms with van der Waals surface area (Å²) in [5.41, 5.74) is 0.894. The lowest BCUT2D eigenvalue weighted by molar-refractivity contribution is 0.102. The van der Waals surface area contributed by atoms with Gasteiger partial charge in [0.1, 0.15) is 5.75 Å². The Balaban J connectivity index is 2.83. The third-order valence-electron chi connectivity index (χ3n) is 1.42. The van der Waals surface area contributed by atoms with Crippen molar-refractivity contribution in [3.63, 3.8) is 0 Å². The molecule has 0 spiro atoms. The van der Waals surface area contributed by atoms with Gasteiger partial charge in [-0.1, -0.05) is 18.2 Å². The van der Waals surface area contributed by atoms with Gasteiger partial charge < -0.3 is 4.74 Å². The molecule has 3 nitrogen and oxygen atoms in total. The van der Waals surface area contributed by atoms with Crippen LogP contribution in [-0.4, -0.2) is 7.11 Å². The fourth-order valence-electron chi connectivity index (χ4n) is 0.900. The van der Waals surface area contributed by atoms with Crippen molar-refractivity contribution in [1.82, 2.24) is 5.90 Å². The Morgan fingerprint density at radius 3 is 2.73 bits per heavy atom. The molecule has 1 aromatic rings. The van der Waals surface area contributed by atoms with Gasteiger partial charge in [-0.2, -0.15) is 0 Å². The molecule has 0 unspecified atom stereocenters. The second kappa shape index (κ2) is 3.95. The van der Waals surface area contributed by atoms with Crippen LogP contribution in [0.15, 0.2) is 24.3 Å². The molecule has 0 bridgehead atoms. The lowest BCUT2D eigenvalue weighted by Gasteiger charge is -2.04. The van der Waals surface area contributed by atoms with Crippen LogP contribution < -0.4 is 10.6 Å². The molecular formula is C8H10NO2. The summed E-state index contributed by atoms with van der Waals surface area (Å²) in [5, 5.41) is 0. The number of ether oxygens (including phenoxy) is 1. The second-order valence-corrected chi connectivity index (χ2v) is 2.10. The van der Waals surface area contributed by atoms with Crippen molar-refractivity contribution in [2.75, 3.05) is 7.11 Å². The van der Waals surface area contributed by atoms with E-state index < -0.39 is 0 Å². The van der Waals surface area contributed by atoms with E-state index in [0.717, 1.165) is 11.3 Å². The molecule has 59 valence electrons. The highest BCUT2D eigenvalue weighted by Gasteiger charge is 1.99. The number of methoxy groups -OCH3 is 1. The molecule has 11 heavy (non-hydrogen) atoms. The summed E-state index contributed by atoms with van der Waals surface area (Å²) in [6.45, 7) is 0.268. The number of hydrogen-bond acceptors (Lipinski definition) is 2. The molecule has 0 aliphatic rings. The average molecular weight is 152 g/mol. The molecule has 0 fully saturated rings. The van der Waals surface area contributed by atoms with E-state index in [-0.39, 0.29) is 6.61 Å². The monoisotopic (exact) mass is 152 g/mol. The molecule has 0 saturated carbocycles. The van der Waals surface area contributed by atoms with E-state index in [1.165, 1.54) is 0 Å². The zero-order chi connectivity index (χ0) is 8.10. The molecule has 1 rings (SSSR count). The minimum atomic E-state index is 0.268. The highest BCUT2D eigenvalue weighted by molar-refractivity contribution is 5.32. The number of rotatable bonds is 3. The lowest BCUT2D eigenvalue weighted by atomic mass is 10.2. The predicted molar refractivity (Wildman–Crippen MR) is 40.9 cm³/mol. The minimum absolute atomic E-state index is 0.268. The first-order valence-electron chi connectivity index (χ1n) is 3.29. The third kappa shape index (κ3) is 1.93. The Hall–Kier alpha value is -1.06. The van der Waals surface area contributed by atoms with Crippen molar-refractivity contribution in [2.24, 2.45) is 0 Å². The van der Waals surface area contributed by atoms with Gasteiger partial charge in [0.15, 0.2) is 0 Å². The summed E-state index contributed by atoms with van der Waals surface area (Å²) in [6.07, 6.45) is 0. The van der Waals surface area contributed by atoms with Crippen LogP contribution in [0.2, 0.25) is 0 Å². The maximum absolute atomic E-state index is 6.56. The summed E-state index contributed by atoms with van der Waals surface area (Å²) in [6, 6.07) is 7.48. The molecule has 1 radical (unpaired) electrons. The van der Waals surface area contributed by atoms with Gasteiger partial charge in [0.05, 0.1) is 13.7 Å². The zero-order valence-electron chi connectivity index (χ0n) is 6.33. The Labute approximate surface area is 65.7 Å². The van der Waals surface area contributed by atoms with Crippen LogP contribution in [0.3, 0.4) is 0 Å². The molecule has 0 aromatic heterocycles. The van der Waals surface area contributed by atoms with E-state index >= 15 is 0 Å². The standard InChI is InChI=1S/C8H10NO2/c1-10-8-5-3-2-4-7(8)6-11-9/h2-5,9H,6H2,1H3. The van der Waals surface area contributed by atoms with Crippen LogP contribution in [0.25, 0.3) is 0 Å². The zero-order valence-corrected chi connectivity index (χ0v) is 6.33. The Morgan fingerprint density at radius 1 is 1.36 bits per heavy atom. The fraction of sp³-hybridized carbons (Fsp3) is 0.250. The second-order valence-electron chi connectivity index (χ2n) is 2.10.